The molecule has 6 nitrogen and oxygen atoms in total. The zero-order valence-corrected chi connectivity index (χ0v) is 15.4. The number of benzene rings is 2. The number of ether oxygens (including phenoxy) is 2. The molecule has 1 unspecified atom stereocenters. The number of carbonyl (C=O) groups is 2. The minimum atomic E-state index is -1.07. The second kappa shape index (κ2) is 8.38. The zero-order chi connectivity index (χ0) is 19.3. The summed E-state index contributed by atoms with van der Waals surface area (Å²) >= 11 is 0. The Bertz CT molecular complexity index is 763. The number of methoxy groups -OCH3 is 2. The lowest BCUT2D eigenvalue weighted by Crippen LogP contribution is -2.42. The van der Waals surface area contributed by atoms with Gasteiger partial charge in [0.2, 0.25) is 0 Å². The second-order valence-corrected chi connectivity index (χ2v) is 5.94. The van der Waals surface area contributed by atoms with Crippen molar-refractivity contribution in [3.8, 4) is 11.5 Å². The fourth-order valence-corrected chi connectivity index (χ4v) is 2.67. The molecule has 0 heterocycles. The van der Waals surface area contributed by atoms with Gasteiger partial charge in [0.15, 0.2) is 0 Å². The van der Waals surface area contributed by atoms with Crippen LogP contribution in [-0.2, 0) is 11.3 Å². The van der Waals surface area contributed by atoms with E-state index in [1.165, 1.54) is 26.0 Å². The van der Waals surface area contributed by atoms with E-state index in [-0.39, 0.29) is 6.54 Å². The second-order valence-electron chi connectivity index (χ2n) is 5.94. The summed E-state index contributed by atoms with van der Waals surface area (Å²) in [5.74, 6) is -0.452. The summed E-state index contributed by atoms with van der Waals surface area (Å²) in [5.41, 5.74) is 1.93. The van der Waals surface area contributed by atoms with E-state index in [1.54, 1.807) is 12.1 Å². The van der Waals surface area contributed by atoms with Crippen molar-refractivity contribution >= 4 is 11.9 Å². The molecule has 6 heteroatoms. The monoisotopic (exact) mass is 357 g/mol. The summed E-state index contributed by atoms with van der Waals surface area (Å²) in [5, 5.41) is 9.43. The number of aliphatic carboxylic acids is 1. The quantitative estimate of drug-likeness (QED) is 0.824. The van der Waals surface area contributed by atoms with E-state index in [4.69, 9.17) is 9.47 Å². The average molecular weight is 357 g/mol. The van der Waals surface area contributed by atoms with E-state index in [0.29, 0.717) is 17.1 Å². The Balaban J connectivity index is 2.44. The Morgan fingerprint density at radius 2 is 1.62 bits per heavy atom. The molecule has 1 amide bonds. The van der Waals surface area contributed by atoms with Gasteiger partial charge in [0, 0.05) is 17.7 Å². The van der Waals surface area contributed by atoms with E-state index in [0.717, 1.165) is 11.1 Å². The minimum Gasteiger partial charge on any atom is -0.496 e. The first-order valence-electron chi connectivity index (χ1n) is 8.19. The highest BCUT2D eigenvalue weighted by Crippen LogP contribution is 2.30. The number of nitrogens with zero attached hydrogens (tertiary/aromatic N) is 1. The van der Waals surface area contributed by atoms with Crippen molar-refractivity contribution in [3.05, 3.63) is 59.2 Å². The number of amides is 1. The standard InChI is InChI=1S/C20H23NO5/c1-13-17(25-3)10-16(11-18(13)26-4)19(22)21(14(2)20(23)24)12-15-8-6-5-7-9-15/h5-11,14H,12H2,1-4H3,(H,23,24). The molecule has 0 fully saturated rings. The van der Waals surface area contributed by atoms with Crippen LogP contribution in [0.5, 0.6) is 11.5 Å². The molecule has 0 aromatic heterocycles. The third-order valence-electron chi connectivity index (χ3n) is 4.28. The summed E-state index contributed by atoms with van der Waals surface area (Å²) in [4.78, 5) is 25.9. The average Bonchev–Trinajstić information content (AvgIpc) is 2.66. The lowest BCUT2D eigenvalue weighted by molar-refractivity contribution is -0.141. The summed E-state index contributed by atoms with van der Waals surface area (Å²) in [6, 6.07) is 11.5. The SMILES string of the molecule is COc1cc(C(=O)N(Cc2ccccc2)C(C)C(=O)O)cc(OC)c1C. The molecule has 26 heavy (non-hydrogen) atoms. The maximum absolute atomic E-state index is 13.1. The van der Waals surface area contributed by atoms with Crippen LogP contribution in [0.25, 0.3) is 0 Å². The van der Waals surface area contributed by atoms with Crippen LogP contribution in [0.1, 0.15) is 28.4 Å². The molecule has 0 saturated heterocycles. The molecule has 2 aromatic rings. The summed E-state index contributed by atoms with van der Waals surface area (Å²) in [6.45, 7) is 3.50. The number of carboxylic acid groups (broad SMARTS) is 1. The van der Waals surface area contributed by atoms with E-state index < -0.39 is 17.9 Å². The van der Waals surface area contributed by atoms with Crippen molar-refractivity contribution in [2.24, 2.45) is 0 Å². The predicted molar refractivity (Wildman–Crippen MR) is 97.7 cm³/mol. The Kier molecular flexibility index (Phi) is 6.22. The molecule has 138 valence electrons. The number of hydrogen-bond acceptors (Lipinski definition) is 4. The van der Waals surface area contributed by atoms with Gasteiger partial charge in [0.05, 0.1) is 14.2 Å². The Morgan fingerprint density at radius 1 is 1.08 bits per heavy atom. The smallest absolute Gasteiger partial charge is 0.326 e. The zero-order valence-electron chi connectivity index (χ0n) is 15.4. The molecule has 0 aliphatic rings. The lowest BCUT2D eigenvalue weighted by atomic mass is 10.1. The molecular weight excluding hydrogens is 334 g/mol. The number of carbonyl (C=O) groups excluding carboxylic acids is 1. The van der Waals surface area contributed by atoms with Gasteiger partial charge >= 0.3 is 5.97 Å². The van der Waals surface area contributed by atoms with Crippen LogP contribution in [0, 0.1) is 6.92 Å². The largest absolute Gasteiger partial charge is 0.496 e. The summed E-state index contributed by atoms with van der Waals surface area (Å²) in [6.07, 6.45) is 0. The van der Waals surface area contributed by atoms with Gasteiger partial charge in [-0.2, -0.15) is 0 Å². The number of carboxylic acids is 1. The summed E-state index contributed by atoms with van der Waals surface area (Å²) in [7, 11) is 3.02. The molecule has 0 aliphatic heterocycles. The Morgan fingerprint density at radius 3 is 2.08 bits per heavy atom. The van der Waals surface area contributed by atoms with Crippen LogP contribution in [0.15, 0.2) is 42.5 Å². The first kappa shape index (κ1) is 19.3. The van der Waals surface area contributed by atoms with Gasteiger partial charge in [-0.25, -0.2) is 4.79 Å². The molecular formula is C20H23NO5. The molecule has 0 radical (unpaired) electrons. The van der Waals surface area contributed by atoms with Gasteiger partial charge in [-0.05, 0) is 31.5 Å². The van der Waals surface area contributed by atoms with Crippen LogP contribution in [0.3, 0.4) is 0 Å². The van der Waals surface area contributed by atoms with Gasteiger partial charge in [0.25, 0.3) is 5.91 Å². The molecule has 2 aromatic carbocycles. The van der Waals surface area contributed by atoms with Crippen molar-refractivity contribution in [1.82, 2.24) is 4.90 Å². The molecule has 0 spiro atoms. The van der Waals surface area contributed by atoms with Crippen molar-refractivity contribution in [2.45, 2.75) is 26.4 Å². The Hall–Kier alpha value is -3.02. The topological polar surface area (TPSA) is 76.1 Å². The fraction of sp³-hybridized carbons (Fsp3) is 0.300. The number of hydrogen-bond donors (Lipinski definition) is 1. The number of rotatable bonds is 7. The van der Waals surface area contributed by atoms with E-state index in [9.17, 15) is 14.7 Å². The molecule has 0 saturated carbocycles. The normalized spacial score (nSPS) is 11.5. The van der Waals surface area contributed by atoms with Crippen molar-refractivity contribution in [2.75, 3.05) is 14.2 Å². The van der Waals surface area contributed by atoms with Crippen molar-refractivity contribution in [3.63, 3.8) is 0 Å². The maximum atomic E-state index is 13.1. The minimum absolute atomic E-state index is 0.186. The van der Waals surface area contributed by atoms with Crippen molar-refractivity contribution in [1.29, 1.82) is 0 Å². The van der Waals surface area contributed by atoms with Gasteiger partial charge in [-0.3, -0.25) is 4.79 Å². The van der Waals surface area contributed by atoms with E-state index in [2.05, 4.69) is 0 Å². The van der Waals surface area contributed by atoms with Crippen LogP contribution < -0.4 is 9.47 Å². The molecule has 1 N–H and O–H groups in total. The van der Waals surface area contributed by atoms with Crippen molar-refractivity contribution < 1.29 is 24.2 Å². The van der Waals surface area contributed by atoms with E-state index >= 15 is 0 Å². The highest BCUT2D eigenvalue weighted by Gasteiger charge is 2.27. The van der Waals surface area contributed by atoms with Crippen LogP contribution in [-0.4, -0.2) is 42.1 Å². The third-order valence-corrected chi connectivity index (χ3v) is 4.28. The fourth-order valence-electron chi connectivity index (χ4n) is 2.67. The first-order chi connectivity index (χ1) is 12.4. The van der Waals surface area contributed by atoms with Crippen LogP contribution in [0.2, 0.25) is 0 Å². The van der Waals surface area contributed by atoms with E-state index in [1.807, 2.05) is 37.3 Å². The van der Waals surface area contributed by atoms with Gasteiger partial charge < -0.3 is 19.5 Å². The highest BCUT2D eigenvalue weighted by molar-refractivity contribution is 5.97. The van der Waals surface area contributed by atoms with Gasteiger partial charge in [0.1, 0.15) is 17.5 Å². The van der Waals surface area contributed by atoms with Crippen LogP contribution >= 0.6 is 0 Å². The predicted octanol–water partition coefficient (Wildman–Crippen LogP) is 3.13. The highest BCUT2D eigenvalue weighted by atomic mass is 16.5. The summed E-state index contributed by atoms with van der Waals surface area (Å²) < 4.78 is 10.6. The van der Waals surface area contributed by atoms with Crippen LogP contribution in [0.4, 0.5) is 0 Å². The molecule has 2 rings (SSSR count). The Labute approximate surface area is 153 Å². The van der Waals surface area contributed by atoms with Gasteiger partial charge in [-0.1, -0.05) is 30.3 Å². The lowest BCUT2D eigenvalue weighted by Gasteiger charge is -2.27. The van der Waals surface area contributed by atoms with Gasteiger partial charge in [-0.15, -0.1) is 0 Å². The molecule has 0 bridgehead atoms. The maximum Gasteiger partial charge on any atom is 0.326 e. The first-order valence-corrected chi connectivity index (χ1v) is 8.19. The molecule has 1 atom stereocenters. The molecule has 0 aliphatic carbocycles. The third kappa shape index (κ3) is 4.14.